The van der Waals surface area contributed by atoms with Gasteiger partial charge in [-0.2, -0.15) is 0 Å². The average molecular weight is 294 g/mol. The van der Waals surface area contributed by atoms with Gasteiger partial charge in [0.25, 0.3) is 5.91 Å². The Morgan fingerprint density at radius 2 is 2.14 bits per heavy atom. The molecule has 2 unspecified atom stereocenters. The van der Waals surface area contributed by atoms with E-state index in [9.17, 15) is 14.4 Å². The molecule has 7 nitrogen and oxygen atoms in total. The van der Waals surface area contributed by atoms with Crippen LogP contribution in [0.15, 0.2) is 0 Å². The molecule has 0 bridgehead atoms. The Balaban J connectivity index is 1.75. The normalized spacial score (nSPS) is 35.4. The van der Waals surface area contributed by atoms with Crippen LogP contribution in [0.2, 0.25) is 0 Å². The van der Waals surface area contributed by atoms with Gasteiger partial charge in [0.05, 0.1) is 12.1 Å². The number of carbonyl (C=O) groups is 3. The summed E-state index contributed by atoms with van der Waals surface area (Å²) in [6, 6.07) is -0.462. The van der Waals surface area contributed by atoms with Crippen molar-refractivity contribution in [3.05, 3.63) is 0 Å². The lowest BCUT2D eigenvalue weighted by atomic mass is 9.90. The van der Waals surface area contributed by atoms with E-state index in [0.717, 1.165) is 32.2 Å². The maximum atomic E-state index is 12.9. The highest BCUT2D eigenvalue weighted by Gasteiger charge is 2.54. The Morgan fingerprint density at radius 3 is 2.71 bits per heavy atom. The molecule has 0 aromatic heterocycles. The molecule has 0 aromatic carbocycles. The van der Waals surface area contributed by atoms with E-state index < -0.39 is 17.1 Å². The third-order valence-corrected chi connectivity index (χ3v) is 4.90. The van der Waals surface area contributed by atoms with E-state index in [-0.39, 0.29) is 18.4 Å². The molecule has 0 saturated carbocycles. The highest BCUT2D eigenvalue weighted by Crippen LogP contribution is 2.31. The Morgan fingerprint density at radius 1 is 1.33 bits per heavy atom. The van der Waals surface area contributed by atoms with Crippen LogP contribution in [0.1, 0.15) is 39.0 Å². The summed E-state index contributed by atoms with van der Waals surface area (Å²) < 4.78 is 0. The van der Waals surface area contributed by atoms with Gasteiger partial charge in [-0.05, 0) is 32.2 Å². The molecule has 3 N–H and O–H groups in total. The summed E-state index contributed by atoms with van der Waals surface area (Å²) in [6.07, 6.45) is 4.09. The molecule has 7 heteroatoms. The predicted molar refractivity (Wildman–Crippen MR) is 75.5 cm³/mol. The maximum absolute atomic E-state index is 12.9. The minimum Gasteiger partial charge on any atom is -0.338 e. The molecule has 21 heavy (non-hydrogen) atoms. The number of amides is 4. The van der Waals surface area contributed by atoms with Gasteiger partial charge in [-0.15, -0.1) is 0 Å². The molecule has 3 aliphatic rings. The number of nitrogens with zero attached hydrogens (tertiary/aromatic N) is 1. The van der Waals surface area contributed by atoms with Crippen molar-refractivity contribution in [2.75, 3.05) is 19.6 Å². The standard InChI is InChI=1S/C14H22N4O3/c1-2-4-13(5-3-7-15-13)11(20)18-8-6-14(9-18)10(19)16-12(21)17-14/h15H,2-9H2,1H3,(H2,16,17,19,21). The fourth-order valence-corrected chi connectivity index (χ4v) is 3.84. The molecule has 3 heterocycles. The van der Waals surface area contributed by atoms with Gasteiger partial charge >= 0.3 is 6.03 Å². The van der Waals surface area contributed by atoms with Gasteiger partial charge in [0.1, 0.15) is 5.54 Å². The van der Waals surface area contributed by atoms with Crippen LogP contribution < -0.4 is 16.0 Å². The summed E-state index contributed by atoms with van der Waals surface area (Å²) in [5.41, 5.74) is -1.39. The monoisotopic (exact) mass is 294 g/mol. The number of likely N-dealkylation sites (tertiary alicyclic amines) is 1. The zero-order valence-electron chi connectivity index (χ0n) is 12.3. The summed E-state index contributed by atoms with van der Waals surface area (Å²) in [7, 11) is 0. The number of rotatable bonds is 3. The van der Waals surface area contributed by atoms with Crippen LogP contribution >= 0.6 is 0 Å². The van der Waals surface area contributed by atoms with Gasteiger partial charge in [0, 0.05) is 6.54 Å². The molecule has 0 aromatic rings. The molecule has 3 aliphatic heterocycles. The smallest absolute Gasteiger partial charge is 0.322 e. The van der Waals surface area contributed by atoms with Crippen molar-refractivity contribution in [1.82, 2.24) is 20.9 Å². The van der Waals surface area contributed by atoms with Crippen LogP contribution in [0.25, 0.3) is 0 Å². The van der Waals surface area contributed by atoms with Gasteiger partial charge in [-0.1, -0.05) is 13.3 Å². The van der Waals surface area contributed by atoms with Crippen molar-refractivity contribution in [2.45, 2.75) is 50.1 Å². The van der Waals surface area contributed by atoms with Crippen LogP contribution in [0.4, 0.5) is 4.79 Å². The minimum absolute atomic E-state index is 0.0765. The zero-order valence-corrected chi connectivity index (χ0v) is 12.3. The van der Waals surface area contributed by atoms with Crippen molar-refractivity contribution >= 4 is 17.8 Å². The summed E-state index contributed by atoms with van der Waals surface area (Å²) in [4.78, 5) is 38.0. The SMILES string of the molecule is CCCC1(C(=O)N2CCC3(C2)NC(=O)NC3=O)CCCN1. The minimum atomic E-state index is -0.918. The topological polar surface area (TPSA) is 90.5 Å². The quantitative estimate of drug-likeness (QED) is 0.624. The van der Waals surface area contributed by atoms with Crippen molar-refractivity contribution in [3.63, 3.8) is 0 Å². The fourth-order valence-electron chi connectivity index (χ4n) is 3.84. The van der Waals surface area contributed by atoms with Crippen molar-refractivity contribution in [1.29, 1.82) is 0 Å². The Labute approximate surface area is 123 Å². The van der Waals surface area contributed by atoms with E-state index >= 15 is 0 Å². The lowest BCUT2D eigenvalue weighted by Crippen LogP contribution is -2.56. The average Bonchev–Trinajstić information content (AvgIpc) is 3.12. The summed E-state index contributed by atoms with van der Waals surface area (Å²) >= 11 is 0. The van der Waals surface area contributed by atoms with Gasteiger partial charge in [-0.25, -0.2) is 4.79 Å². The summed E-state index contributed by atoms with van der Waals surface area (Å²) in [5, 5.41) is 8.32. The predicted octanol–water partition coefficient (Wildman–Crippen LogP) is -0.281. The fraction of sp³-hybridized carbons (Fsp3) is 0.786. The maximum Gasteiger partial charge on any atom is 0.322 e. The molecule has 0 aliphatic carbocycles. The lowest BCUT2D eigenvalue weighted by Gasteiger charge is -2.33. The van der Waals surface area contributed by atoms with Crippen LogP contribution in [0.5, 0.6) is 0 Å². The molecule has 2 atom stereocenters. The number of urea groups is 1. The van der Waals surface area contributed by atoms with E-state index in [2.05, 4.69) is 22.9 Å². The van der Waals surface area contributed by atoms with Crippen molar-refractivity contribution < 1.29 is 14.4 Å². The first-order valence-electron chi connectivity index (χ1n) is 7.69. The zero-order chi connectivity index (χ0) is 15.1. The molecule has 0 radical (unpaired) electrons. The van der Waals surface area contributed by atoms with E-state index in [1.807, 2.05) is 0 Å². The van der Waals surface area contributed by atoms with E-state index in [4.69, 9.17) is 0 Å². The second-order valence-corrected chi connectivity index (χ2v) is 6.33. The van der Waals surface area contributed by atoms with Gasteiger partial charge in [0.15, 0.2) is 0 Å². The Hall–Kier alpha value is -1.63. The van der Waals surface area contributed by atoms with Crippen molar-refractivity contribution in [2.24, 2.45) is 0 Å². The summed E-state index contributed by atoms with van der Waals surface area (Å²) in [5.74, 6) is -0.237. The molecular formula is C14H22N4O3. The van der Waals surface area contributed by atoms with Crippen LogP contribution in [-0.4, -0.2) is 53.5 Å². The van der Waals surface area contributed by atoms with Crippen LogP contribution in [0.3, 0.4) is 0 Å². The van der Waals surface area contributed by atoms with Crippen LogP contribution in [-0.2, 0) is 9.59 Å². The number of imide groups is 1. The first-order valence-corrected chi connectivity index (χ1v) is 7.69. The van der Waals surface area contributed by atoms with Gasteiger partial charge in [0.2, 0.25) is 5.91 Å². The Bertz CT molecular complexity index is 487. The highest BCUT2D eigenvalue weighted by atomic mass is 16.2. The number of hydrogen-bond donors (Lipinski definition) is 3. The van der Waals surface area contributed by atoms with Gasteiger partial charge < -0.3 is 15.5 Å². The lowest BCUT2D eigenvalue weighted by molar-refractivity contribution is -0.137. The number of carbonyl (C=O) groups excluding carboxylic acids is 3. The first-order chi connectivity index (χ1) is 10.0. The molecule has 4 amide bonds. The largest absolute Gasteiger partial charge is 0.338 e. The third-order valence-electron chi connectivity index (χ3n) is 4.90. The molecule has 116 valence electrons. The van der Waals surface area contributed by atoms with Crippen LogP contribution in [0, 0.1) is 0 Å². The first kappa shape index (κ1) is 14.3. The third kappa shape index (κ3) is 2.19. The molecule has 3 saturated heterocycles. The van der Waals surface area contributed by atoms with Gasteiger partial charge in [-0.3, -0.25) is 14.9 Å². The molecule has 1 spiro atoms. The van der Waals surface area contributed by atoms with E-state index in [1.165, 1.54) is 0 Å². The second kappa shape index (κ2) is 4.98. The molecular weight excluding hydrogens is 272 g/mol. The van der Waals surface area contributed by atoms with Crippen molar-refractivity contribution in [3.8, 4) is 0 Å². The number of hydrogen-bond acceptors (Lipinski definition) is 4. The second-order valence-electron chi connectivity index (χ2n) is 6.33. The Kier molecular flexibility index (Phi) is 3.39. The summed E-state index contributed by atoms with van der Waals surface area (Å²) in [6.45, 7) is 3.73. The van der Waals surface area contributed by atoms with E-state index in [1.54, 1.807) is 4.90 Å². The molecule has 3 fully saturated rings. The highest BCUT2D eigenvalue weighted by molar-refractivity contribution is 6.07. The molecule has 3 rings (SSSR count). The number of nitrogens with one attached hydrogen (secondary N) is 3. The van der Waals surface area contributed by atoms with E-state index in [0.29, 0.717) is 13.0 Å².